The molecule has 2 aromatic heterocycles. The van der Waals surface area contributed by atoms with E-state index in [0.717, 1.165) is 13.0 Å². The van der Waals surface area contributed by atoms with Crippen molar-refractivity contribution in [2.45, 2.75) is 38.6 Å². The zero-order valence-electron chi connectivity index (χ0n) is 10.9. The van der Waals surface area contributed by atoms with Crippen molar-refractivity contribution in [3.63, 3.8) is 0 Å². The van der Waals surface area contributed by atoms with Gasteiger partial charge in [0.1, 0.15) is 0 Å². The van der Waals surface area contributed by atoms with E-state index >= 15 is 0 Å². The van der Waals surface area contributed by atoms with Crippen LogP contribution in [0.2, 0.25) is 0 Å². The third kappa shape index (κ3) is 3.44. The predicted octanol–water partition coefficient (Wildman–Crippen LogP) is 5.36. The summed E-state index contributed by atoms with van der Waals surface area (Å²) in [5.74, 6) is 0. The highest BCUT2D eigenvalue weighted by molar-refractivity contribution is 7.26. The molecule has 0 fully saturated rings. The third-order valence-electron chi connectivity index (χ3n) is 3.04. The summed E-state index contributed by atoms with van der Waals surface area (Å²) in [6, 6.07) is 5.12. The number of thiophene rings is 2. The summed E-state index contributed by atoms with van der Waals surface area (Å²) in [5.41, 5.74) is 0. The highest BCUT2D eigenvalue weighted by Gasteiger charge is 2.13. The lowest BCUT2D eigenvalue weighted by molar-refractivity contribution is 0.493. The van der Waals surface area contributed by atoms with Crippen LogP contribution in [0.1, 0.15) is 43.5 Å². The van der Waals surface area contributed by atoms with Gasteiger partial charge in [-0.3, -0.25) is 0 Å². The second kappa shape index (κ2) is 7.07. The van der Waals surface area contributed by atoms with Gasteiger partial charge in [-0.2, -0.15) is 0 Å². The molecule has 1 unspecified atom stereocenters. The number of allylic oxidation sites excluding steroid dienone is 1. The maximum absolute atomic E-state index is 3.80. The van der Waals surface area contributed by atoms with E-state index in [4.69, 9.17) is 0 Å². The van der Waals surface area contributed by atoms with E-state index in [9.17, 15) is 0 Å². The molecule has 1 nitrogen and oxygen atoms in total. The third-order valence-corrected chi connectivity index (χ3v) is 5.25. The molecule has 0 saturated heterocycles. The highest BCUT2D eigenvalue weighted by atomic mass is 32.1. The maximum atomic E-state index is 3.80. The Kier molecular flexibility index (Phi) is 5.42. The molecule has 98 valence electrons. The van der Waals surface area contributed by atoms with Gasteiger partial charge in [0.25, 0.3) is 0 Å². The fraction of sp³-hybridized carbons (Fsp3) is 0.467. The van der Waals surface area contributed by atoms with E-state index < -0.39 is 0 Å². The Morgan fingerprint density at radius 2 is 2.33 bits per heavy atom. The first kappa shape index (κ1) is 13.8. The summed E-state index contributed by atoms with van der Waals surface area (Å²) in [5, 5.41) is 5.85. The Bertz CT molecular complexity index is 455. The van der Waals surface area contributed by atoms with E-state index in [1.807, 2.05) is 28.7 Å². The lowest BCUT2D eigenvalue weighted by Crippen LogP contribution is -2.21. The van der Waals surface area contributed by atoms with E-state index in [1.165, 1.54) is 33.5 Å². The number of fused-ring (bicyclic) bond motifs is 1. The van der Waals surface area contributed by atoms with Gasteiger partial charge in [0, 0.05) is 20.3 Å². The zero-order chi connectivity index (χ0) is 12.8. The second-order valence-corrected chi connectivity index (χ2v) is 6.59. The lowest BCUT2D eigenvalue weighted by Gasteiger charge is -2.16. The topological polar surface area (TPSA) is 12.0 Å². The van der Waals surface area contributed by atoms with Gasteiger partial charge in [-0.05, 0) is 49.7 Å². The Balaban J connectivity index is 2.06. The monoisotopic (exact) mass is 279 g/mol. The Hall–Kier alpha value is -0.640. The number of nitrogens with one attached hydrogen (secondary N) is 1. The second-order valence-electron chi connectivity index (χ2n) is 4.52. The summed E-state index contributed by atoms with van der Waals surface area (Å²) in [6.45, 7) is 7.13. The highest BCUT2D eigenvalue weighted by Crippen LogP contribution is 2.35. The summed E-state index contributed by atoms with van der Waals surface area (Å²) >= 11 is 3.79. The Labute approximate surface area is 118 Å². The molecule has 0 saturated carbocycles. The molecule has 0 bridgehead atoms. The van der Waals surface area contributed by atoms with Crippen LogP contribution in [-0.2, 0) is 0 Å². The molecule has 0 spiro atoms. The van der Waals surface area contributed by atoms with Crippen molar-refractivity contribution in [1.29, 1.82) is 0 Å². The van der Waals surface area contributed by atoms with Crippen LogP contribution in [0.5, 0.6) is 0 Å². The average molecular weight is 279 g/mol. The van der Waals surface area contributed by atoms with Crippen LogP contribution in [0.15, 0.2) is 30.2 Å². The quantitative estimate of drug-likeness (QED) is 0.506. The Morgan fingerprint density at radius 3 is 3.06 bits per heavy atom. The molecular weight excluding hydrogens is 258 g/mol. The van der Waals surface area contributed by atoms with Crippen molar-refractivity contribution in [3.8, 4) is 0 Å². The van der Waals surface area contributed by atoms with Crippen molar-refractivity contribution in [2.24, 2.45) is 0 Å². The van der Waals surface area contributed by atoms with Crippen LogP contribution < -0.4 is 5.32 Å². The minimum atomic E-state index is 0.523. The fourth-order valence-electron chi connectivity index (χ4n) is 2.09. The van der Waals surface area contributed by atoms with Crippen molar-refractivity contribution in [1.82, 2.24) is 5.32 Å². The first-order valence-corrected chi connectivity index (χ1v) is 8.36. The Morgan fingerprint density at radius 1 is 1.44 bits per heavy atom. The van der Waals surface area contributed by atoms with Crippen molar-refractivity contribution in [2.75, 3.05) is 6.54 Å². The van der Waals surface area contributed by atoms with Crippen LogP contribution in [0.3, 0.4) is 0 Å². The van der Waals surface area contributed by atoms with Crippen molar-refractivity contribution >= 4 is 32.1 Å². The molecule has 0 aromatic carbocycles. The van der Waals surface area contributed by atoms with Gasteiger partial charge in [-0.1, -0.05) is 13.0 Å². The van der Waals surface area contributed by atoms with E-state index in [1.54, 1.807) is 0 Å². The summed E-state index contributed by atoms with van der Waals surface area (Å²) < 4.78 is 2.86. The zero-order valence-corrected chi connectivity index (χ0v) is 12.6. The molecule has 2 aromatic rings. The van der Waals surface area contributed by atoms with E-state index in [-0.39, 0.29) is 0 Å². The molecule has 2 heterocycles. The molecule has 3 heteroatoms. The van der Waals surface area contributed by atoms with Gasteiger partial charge < -0.3 is 5.32 Å². The molecule has 0 aliphatic carbocycles. The largest absolute Gasteiger partial charge is 0.309 e. The first-order chi connectivity index (χ1) is 8.85. The normalized spacial score (nSPS) is 12.9. The average Bonchev–Trinajstić information content (AvgIpc) is 2.94. The molecule has 0 amide bonds. The predicted molar refractivity (Wildman–Crippen MR) is 84.8 cm³/mol. The molecule has 1 N–H and O–H groups in total. The van der Waals surface area contributed by atoms with Gasteiger partial charge in [0.05, 0.1) is 0 Å². The first-order valence-electron chi connectivity index (χ1n) is 6.66. The van der Waals surface area contributed by atoms with Gasteiger partial charge in [0.2, 0.25) is 0 Å². The van der Waals surface area contributed by atoms with Crippen molar-refractivity contribution in [3.05, 3.63) is 35.0 Å². The molecule has 0 aliphatic heterocycles. The van der Waals surface area contributed by atoms with Crippen LogP contribution >= 0.6 is 22.7 Å². The molecule has 18 heavy (non-hydrogen) atoms. The smallest absolute Gasteiger partial charge is 0.0454 e. The minimum absolute atomic E-state index is 0.523. The number of rotatable bonds is 8. The minimum Gasteiger partial charge on any atom is -0.309 e. The van der Waals surface area contributed by atoms with E-state index in [0.29, 0.717) is 6.04 Å². The molecule has 0 aliphatic rings. The molecule has 1 atom stereocenters. The van der Waals surface area contributed by atoms with Gasteiger partial charge in [-0.25, -0.2) is 0 Å². The van der Waals surface area contributed by atoms with Gasteiger partial charge in [-0.15, -0.1) is 29.3 Å². The van der Waals surface area contributed by atoms with Gasteiger partial charge in [0.15, 0.2) is 0 Å². The molecule has 0 radical (unpaired) electrons. The number of hydrogen-bond donors (Lipinski definition) is 1. The van der Waals surface area contributed by atoms with Crippen LogP contribution in [-0.4, -0.2) is 6.54 Å². The standard InChI is InChI=1S/C15H21NS2/c1-3-5-6-7-12(16-9-4-2)14-11-15-13(18-14)8-10-17-15/h3,8,10-12,16H,1,4-7,9H2,2H3. The van der Waals surface area contributed by atoms with Crippen LogP contribution in [0, 0.1) is 0 Å². The van der Waals surface area contributed by atoms with Gasteiger partial charge >= 0.3 is 0 Å². The fourth-order valence-corrected chi connectivity index (χ4v) is 4.32. The summed E-state index contributed by atoms with van der Waals surface area (Å²) in [4.78, 5) is 1.49. The lowest BCUT2D eigenvalue weighted by atomic mass is 10.1. The summed E-state index contributed by atoms with van der Waals surface area (Å²) in [6.07, 6.45) is 6.75. The summed E-state index contributed by atoms with van der Waals surface area (Å²) in [7, 11) is 0. The molecular formula is C15H21NS2. The van der Waals surface area contributed by atoms with Crippen molar-refractivity contribution < 1.29 is 0 Å². The maximum Gasteiger partial charge on any atom is 0.0454 e. The number of unbranched alkanes of at least 4 members (excludes halogenated alkanes) is 1. The number of hydrogen-bond acceptors (Lipinski definition) is 3. The van der Waals surface area contributed by atoms with E-state index in [2.05, 4.69) is 36.3 Å². The SMILES string of the molecule is C=CCCCC(NCCC)c1cc2sccc2s1. The van der Waals surface area contributed by atoms with Crippen LogP contribution in [0.25, 0.3) is 9.40 Å². The molecule has 2 rings (SSSR count). The van der Waals surface area contributed by atoms with Crippen LogP contribution in [0.4, 0.5) is 0 Å².